The number of benzene rings is 2. The Labute approximate surface area is 170 Å². The van der Waals surface area contributed by atoms with Crippen molar-refractivity contribution in [2.45, 2.75) is 19.1 Å². The monoisotopic (exact) mass is 414 g/mol. The third kappa shape index (κ3) is 4.37. The van der Waals surface area contributed by atoms with E-state index in [1.54, 1.807) is 18.2 Å². The molecule has 0 fully saturated rings. The van der Waals surface area contributed by atoms with Gasteiger partial charge in [0.15, 0.2) is 11.9 Å². The fourth-order valence-electron chi connectivity index (χ4n) is 3.29. The van der Waals surface area contributed by atoms with Crippen LogP contribution in [0.1, 0.15) is 28.1 Å². The molecule has 1 amide bonds. The predicted molar refractivity (Wildman–Crippen MR) is 102 cm³/mol. The Balaban J connectivity index is 1.50. The lowest BCUT2D eigenvalue weighted by molar-refractivity contribution is 0.0387. The highest BCUT2D eigenvalue weighted by molar-refractivity contribution is 6.01. The first-order valence-corrected chi connectivity index (χ1v) is 9.25. The Bertz CT molecular complexity index is 1080. The summed E-state index contributed by atoms with van der Waals surface area (Å²) in [6.07, 6.45) is 1.07. The summed E-state index contributed by atoms with van der Waals surface area (Å²) in [6, 6.07) is 12.3. The van der Waals surface area contributed by atoms with Crippen molar-refractivity contribution in [2.75, 3.05) is 6.54 Å². The number of halogens is 3. The number of furan rings is 1. The van der Waals surface area contributed by atoms with Gasteiger partial charge in [-0.3, -0.25) is 4.79 Å². The van der Waals surface area contributed by atoms with Crippen molar-refractivity contribution in [1.29, 1.82) is 0 Å². The van der Waals surface area contributed by atoms with E-state index in [2.05, 4.69) is 5.16 Å². The van der Waals surface area contributed by atoms with E-state index < -0.39 is 29.5 Å². The molecule has 3 aromatic rings. The summed E-state index contributed by atoms with van der Waals surface area (Å²) in [5, 5.41) is 3.91. The summed E-state index contributed by atoms with van der Waals surface area (Å²) >= 11 is 0. The van der Waals surface area contributed by atoms with Crippen LogP contribution in [0.3, 0.4) is 0 Å². The zero-order valence-electron chi connectivity index (χ0n) is 15.7. The van der Waals surface area contributed by atoms with Crippen LogP contribution in [0.2, 0.25) is 0 Å². The van der Waals surface area contributed by atoms with Crippen LogP contribution in [-0.2, 0) is 11.4 Å². The lowest BCUT2D eigenvalue weighted by Crippen LogP contribution is -2.37. The van der Waals surface area contributed by atoms with Crippen LogP contribution in [-0.4, -0.2) is 29.2 Å². The van der Waals surface area contributed by atoms with Crippen LogP contribution < -0.4 is 0 Å². The summed E-state index contributed by atoms with van der Waals surface area (Å²) in [4.78, 5) is 19.7. The topological polar surface area (TPSA) is 55.0 Å². The van der Waals surface area contributed by atoms with Gasteiger partial charge < -0.3 is 14.2 Å². The fraction of sp³-hybridized carbons (Fsp3) is 0.182. The first-order valence-electron chi connectivity index (χ1n) is 9.25. The molecule has 1 aliphatic heterocycles. The summed E-state index contributed by atoms with van der Waals surface area (Å²) < 4.78 is 46.0. The summed E-state index contributed by atoms with van der Waals surface area (Å²) in [5.41, 5.74) is 1.07. The first-order chi connectivity index (χ1) is 14.5. The van der Waals surface area contributed by atoms with Gasteiger partial charge in [0.05, 0.1) is 18.5 Å². The number of carbonyl (C=O) groups excluding carboxylic acids is 1. The number of rotatable bonds is 6. The van der Waals surface area contributed by atoms with Crippen molar-refractivity contribution < 1.29 is 27.2 Å². The van der Waals surface area contributed by atoms with Gasteiger partial charge in [0.1, 0.15) is 17.5 Å². The molecule has 2 aromatic carbocycles. The van der Waals surface area contributed by atoms with E-state index in [0.717, 1.165) is 12.1 Å². The highest BCUT2D eigenvalue weighted by Crippen LogP contribution is 2.22. The molecule has 0 saturated carbocycles. The molecule has 0 saturated heterocycles. The molecule has 0 spiro atoms. The Kier molecular flexibility index (Phi) is 5.56. The second-order valence-electron chi connectivity index (χ2n) is 6.89. The second-order valence-corrected chi connectivity index (χ2v) is 6.89. The molecule has 5 nitrogen and oxygen atoms in total. The maximum atomic E-state index is 14.0. The zero-order valence-corrected chi connectivity index (χ0v) is 15.7. The Morgan fingerprint density at radius 3 is 2.63 bits per heavy atom. The van der Waals surface area contributed by atoms with Crippen LogP contribution in [0.15, 0.2) is 70.4 Å². The minimum Gasteiger partial charge on any atom is -0.459 e. The van der Waals surface area contributed by atoms with Crippen molar-refractivity contribution >= 4 is 11.6 Å². The molecule has 30 heavy (non-hydrogen) atoms. The molecule has 1 aliphatic rings. The number of hydrogen-bond donors (Lipinski definition) is 0. The van der Waals surface area contributed by atoms with E-state index in [1.807, 2.05) is 0 Å². The van der Waals surface area contributed by atoms with Crippen molar-refractivity contribution in [3.63, 3.8) is 0 Å². The van der Waals surface area contributed by atoms with Crippen molar-refractivity contribution in [2.24, 2.45) is 5.16 Å². The summed E-state index contributed by atoms with van der Waals surface area (Å²) in [5.74, 6) is -2.09. The van der Waals surface area contributed by atoms with E-state index in [9.17, 15) is 18.0 Å². The maximum Gasteiger partial charge on any atom is 0.289 e. The van der Waals surface area contributed by atoms with Gasteiger partial charge in [-0.05, 0) is 42.0 Å². The number of oxime groups is 1. The Morgan fingerprint density at radius 1 is 1.07 bits per heavy atom. The Morgan fingerprint density at radius 2 is 1.90 bits per heavy atom. The summed E-state index contributed by atoms with van der Waals surface area (Å²) in [7, 11) is 0. The lowest BCUT2D eigenvalue weighted by atomic mass is 10.0. The van der Waals surface area contributed by atoms with Gasteiger partial charge in [-0.15, -0.1) is 0 Å². The smallest absolute Gasteiger partial charge is 0.289 e. The molecule has 0 unspecified atom stereocenters. The molecule has 0 N–H and O–H groups in total. The minimum absolute atomic E-state index is 0.117. The average Bonchev–Trinajstić information content (AvgIpc) is 3.39. The molecule has 4 rings (SSSR count). The van der Waals surface area contributed by atoms with E-state index in [-0.39, 0.29) is 30.8 Å². The quantitative estimate of drug-likeness (QED) is 0.596. The van der Waals surface area contributed by atoms with Crippen LogP contribution in [0.5, 0.6) is 0 Å². The zero-order chi connectivity index (χ0) is 21.1. The third-order valence-corrected chi connectivity index (χ3v) is 4.68. The van der Waals surface area contributed by atoms with Gasteiger partial charge in [-0.2, -0.15) is 0 Å². The largest absolute Gasteiger partial charge is 0.459 e. The molecule has 0 radical (unpaired) electrons. The average molecular weight is 414 g/mol. The standard InChI is InChI=1S/C22H17F3N2O3/c23-15-4-1-3-14(9-15)12-27(22(28)21-5-2-8-29-21)13-17-11-20(26-30-17)18-7-6-16(24)10-19(18)25/h1-10,17H,11-13H2/t17-/m1/s1. The van der Waals surface area contributed by atoms with Gasteiger partial charge in [-0.25, -0.2) is 13.2 Å². The van der Waals surface area contributed by atoms with Crippen molar-refractivity contribution in [3.05, 3.63) is 95.2 Å². The van der Waals surface area contributed by atoms with Gasteiger partial charge in [-0.1, -0.05) is 17.3 Å². The fourth-order valence-corrected chi connectivity index (χ4v) is 3.29. The second kappa shape index (κ2) is 8.44. The number of carbonyl (C=O) groups is 1. The SMILES string of the molecule is O=C(c1ccco1)N(Cc1cccc(F)c1)C[C@H]1CC(c2ccc(F)cc2F)=NO1. The molecule has 0 bridgehead atoms. The minimum atomic E-state index is -0.735. The number of amides is 1. The molecule has 0 aliphatic carbocycles. The molecule has 8 heteroatoms. The van der Waals surface area contributed by atoms with E-state index in [1.165, 1.54) is 35.4 Å². The van der Waals surface area contributed by atoms with Crippen molar-refractivity contribution in [3.8, 4) is 0 Å². The molecule has 154 valence electrons. The number of hydrogen-bond acceptors (Lipinski definition) is 4. The molecule has 1 aromatic heterocycles. The number of nitrogens with zero attached hydrogens (tertiary/aromatic N) is 2. The van der Waals surface area contributed by atoms with Crippen LogP contribution in [0.25, 0.3) is 0 Å². The van der Waals surface area contributed by atoms with E-state index in [4.69, 9.17) is 9.25 Å². The van der Waals surface area contributed by atoms with Gasteiger partial charge in [0, 0.05) is 24.6 Å². The van der Waals surface area contributed by atoms with Crippen molar-refractivity contribution in [1.82, 2.24) is 4.90 Å². The molecule has 2 heterocycles. The highest BCUT2D eigenvalue weighted by Gasteiger charge is 2.29. The van der Waals surface area contributed by atoms with E-state index >= 15 is 0 Å². The lowest BCUT2D eigenvalue weighted by Gasteiger charge is -2.24. The van der Waals surface area contributed by atoms with Crippen LogP contribution in [0, 0.1) is 17.5 Å². The highest BCUT2D eigenvalue weighted by atomic mass is 19.1. The third-order valence-electron chi connectivity index (χ3n) is 4.68. The van der Waals surface area contributed by atoms with Crippen LogP contribution >= 0.6 is 0 Å². The molecular weight excluding hydrogens is 397 g/mol. The molecule has 1 atom stereocenters. The maximum absolute atomic E-state index is 14.0. The van der Waals surface area contributed by atoms with Gasteiger partial charge >= 0.3 is 0 Å². The van der Waals surface area contributed by atoms with Crippen LogP contribution in [0.4, 0.5) is 13.2 Å². The van der Waals surface area contributed by atoms with Gasteiger partial charge in [0.25, 0.3) is 5.91 Å². The van der Waals surface area contributed by atoms with Gasteiger partial charge in [0.2, 0.25) is 0 Å². The first kappa shape index (κ1) is 19.8. The molecular formula is C22H17F3N2O3. The normalized spacial score (nSPS) is 15.6. The van der Waals surface area contributed by atoms with E-state index in [0.29, 0.717) is 11.3 Å². The predicted octanol–water partition coefficient (Wildman–Crippen LogP) is 4.53. The Hall–Kier alpha value is -3.55. The summed E-state index contributed by atoms with van der Waals surface area (Å²) in [6.45, 7) is 0.239.